The topological polar surface area (TPSA) is 97.6 Å². The van der Waals surface area contributed by atoms with Gasteiger partial charge in [-0.2, -0.15) is 5.26 Å². The Morgan fingerprint density at radius 3 is 2.30 bits per heavy atom. The molecule has 0 aliphatic rings. The van der Waals surface area contributed by atoms with E-state index in [1.807, 2.05) is 6.07 Å². The molecule has 0 saturated carbocycles. The Balaban J connectivity index is 1.92. The van der Waals surface area contributed by atoms with Crippen LogP contribution in [-0.4, -0.2) is 39.2 Å². The van der Waals surface area contributed by atoms with Gasteiger partial charge in [0.1, 0.15) is 5.75 Å². The Kier molecular flexibility index (Phi) is 7.35. The molecule has 0 radical (unpaired) electrons. The zero-order valence-electron chi connectivity index (χ0n) is 15.1. The van der Waals surface area contributed by atoms with Crippen molar-refractivity contribution in [1.29, 1.82) is 5.26 Å². The number of carbonyl (C=O) groups is 2. The number of carbonyl (C=O) groups excluding carboxylic acids is 2. The molecule has 0 aliphatic carbocycles. The van der Waals surface area contributed by atoms with Gasteiger partial charge < -0.3 is 19.5 Å². The third kappa shape index (κ3) is 5.83. The molecule has 2 aromatic rings. The molecule has 1 atom stereocenters. The van der Waals surface area contributed by atoms with E-state index in [2.05, 4.69) is 10.1 Å². The Morgan fingerprint density at radius 1 is 1.07 bits per heavy atom. The van der Waals surface area contributed by atoms with Crippen LogP contribution in [0.3, 0.4) is 0 Å². The van der Waals surface area contributed by atoms with Gasteiger partial charge in [-0.3, -0.25) is 4.79 Å². The van der Waals surface area contributed by atoms with Crippen molar-refractivity contribution >= 4 is 11.9 Å². The van der Waals surface area contributed by atoms with E-state index in [9.17, 15) is 9.59 Å². The summed E-state index contributed by atoms with van der Waals surface area (Å²) in [6.07, 6.45) is -0.345. The minimum absolute atomic E-state index is 0.162. The largest absolute Gasteiger partial charge is 0.482 e. The first-order valence-electron chi connectivity index (χ1n) is 8.18. The van der Waals surface area contributed by atoms with Gasteiger partial charge >= 0.3 is 5.97 Å². The predicted molar refractivity (Wildman–Crippen MR) is 97.2 cm³/mol. The molecule has 0 aromatic heterocycles. The van der Waals surface area contributed by atoms with Crippen LogP contribution in [0, 0.1) is 11.3 Å². The number of hydrogen-bond acceptors (Lipinski definition) is 6. The molecule has 7 nitrogen and oxygen atoms in total. The van der Waals surface area contributed by atoms with Crippen molar-refractivity contribution < 1.29 is 23.8 Å². The molecule has 1 N–H and O–H groups in total. The lowest BCUT2D eigenvalue weighted by Crippen LogP contribution is -2.29. The van der Waals surface area contributed by atoms with Crippen LogP contribution in [0.25, 0.3) is 0 Å². The average Bonchev–Trinajstić information content (AvgIpc) is 2.73. The van der Waals surface area contributed by atoms with Gasteiger partial charge in [0.05, 0.1) is 24.8 Å². The number of methoxy groups -OCH3 is 2. The van der Waals surface area contributed by atoms with E-state index < -0.39 is 5.97 Å². The minimum Gasteiger partial charge on any atom is -0.482 e. The number of nitrogens with zero attached hydrogens (tertiary/aromatic N) is 1. The predicted octanol–water partition coefficient (Wildman–Crippen LogP) is 2.23. The molecule has 0 fully saturated rings. The van der Waals surface area contributed by atoms with Crippen molar-refractivity contribution in [1.82, 2.24) is 5.32 Å². The molecule has 0 heterocycles. The van der Waals surface area contributed by atoms with Crippen LogP contribution in [0.5, 0.6) is 5.75 Å². The first-order chi connectivity index (χ1) is 13.1. The molecular formula is C20H20N2O5. The van der Waals surface area contributed by atoms with E-state index in [1.165, 1.54) is 7.11 Å². The van der Waals surface area contributed by atoms with Crippen LogP contribution in [-0.2, 0) is 14.3 Å². The van der Waals surface area contributed by atoms with Crippen LogP contribution in [0.1, 0.15) is 27.6 Å². The highest BCUT2D eigenvalue weighted by Crippen LogP contribution is 2.20. The summed E-state index contributed by atoms with van der Waals surface area (Å²) in [5.74, 6) is -0.181. The van der Waals surface area contributed by atoms with Crippen LogP contribution in [0.2, 0.25) is 0 Å². The summed E-state index contributed by atoms with van der Waals surface area (Å²) in [6.45, 7) is 0.113. The first kappa shape index (κ1) is 19.9. The normalized spacial score (nSPS) is 11.1. The van der Waals surface area contributed by atoms with E-state index in [4.69, 9.17) is 14.7 Å². The fourth-order valence-corrected chi connectivity index (χ4v) is 2.30. The summed E-state index contributed by atoms with van der Waals surface area (Å²) >= 11 is 0. The van der Waals surface area contributed by atoms with E-state index in [-0.39, 0.29) is 25.2 Å². The number of rotatable bonds is 8. The summed E-state index contributed by atoms with van der Waals surface area (Å²) in [6, 6.07) is 15.4. The van der Waals surface area contributed by atoms with Crippen LogP contribution >= 0.6 is 0 Å². The highest BCUT2D eigenvalue weighted by Gasteiger charge is 2.13. The molecule has 0 bridgehead atoms. The van der Waals surface area contributed by atoms with E-state index in [1.54, 1.807) is 55.6 Å². The van der Waals surface area contributed by atoms with Crippen molar-refractivity contribution in [2.45, 2.75) is 6.10 Å². The first-order valence-corrected chi connectivity index (χ1v) is 8.18. The lowest BCUT2D eigenvalue weighted by molar-refractivity contribution is -0.142. The number of ether oxygens (including phenoxy) is 3. The fourth-order valence-electron chi connectivity index (χ4n) is 2.30. The Hall–Kier alpha value is -3.37. The third-order valence-corrected chi connectivity index (χ3v) is 3.84. The molecule has 0 aliphatic heterocycles. The minimum atomic E-state index is -0.459. The molecule has 0 spiro atoms. The smallest absolute Gasteiger partial charge is 0.343 e. The van der Waals surface area contributed by atoms with Gasteiger partial charge in [0.25, 0.3) is 5.91 Å². The van der Waals surface area contributed by atoms with Crippen LogP contribution in [0.4, 0.5) is 0 Å². The second kappa shape index (κ2) is 9.94. The van der Waals surface area contributed by atoms with Crippen molar-refractivity contribution in [3.05, 3.63) is 65.2 Å². The average molecular weight is 368 g/mol. The standard InChI is InChI=1S/C20H20N2O5/c1-25-18(12-22-20(24)16-5-3-14(11-21)4-6-16)15-7-9-17(10-8-15)27-13-19(23)26-2/h3-10,18H,12-13H2,1-2H3,(H,22,24)/t18-/m1/s1. The van der Waals surface area contributed by atoms with Crippen molar-refractivity contribution in [3.63, 3.8) is 0 Å². The summed E-state index contributed by atoms with van der Waals surface area (Å²) in [4.78, 5) is 23.3. The van der Waals surface area contributed by atoms with Crippen molar-refractivity contribution in [2.75, 3.05) is 27.4 Å². The lowest BCUT2D eigenvalue weighted by Gasteiger charge is -2.17. The zero-order valence-corrected chi connectivity index (χ0v) is 15.1. The SMILES string of the molecule is COC(=O)COc1ccc([C@@H](CNC(=O)c2ccc(C#N)cc2)OC)cc1. The summed E-state index contributed by atoms with van der Waals surface area (Å²) in [5, 5.41) is 11.6. The number of benzene rings is 2. The molecule has 1 amide bonds. The summed E-state index contributed by atoms with van der Waals surface area (Å²) in [5.41, 5.74) is 1.81. The van der Waals surface area contributed by atoms with Crippen LogP contribution < -0.4 is 10.1 Å². The van der Waals surface area contributed by atoms with Crippen LogP contribution in [0.15, 0.2) is 48.5 Å². The molecule has 0 unspecified atom stereocenters. The second-order valence-electron chi connectivity index (χ2n) is 5.56. The number of nitriles is 1. The third-order valence-electron chi connectivity index (χ3n) is 3.84. The molecule has 0 saturated heterocycles. The molecule has 7 heteroatoms. The van der Waals surface area contributed by atoms with Gasteiger partial charge in [-0.15, -0.1) is 0 Å². The maximum atomic E-state index is 12.2. The van der Waals surface area contributed by atoms with Gasteiger partial charge in [0.15, 0.2) is 6.61 Å². The van der Waals surface area contributed by atoms with Gasteiger partial charge in [0, 0.05) is 19.2 Å². The summed E-state index contributed by atoms with van der Waals surface area (Å²) in [7, 11) is 2.85. The number of esters is 1. The summed E-state index contributed by atoms with van der Waals surface area (Å²) < 4.78 is 15.3. The highest BCUT2D eigenvalue weighted by molar-refractivity contribution is 5.94. The Bertz CT molecular complexity index is 810. The maximum absolute atomic E-state index is 12.2. The number of nitrogens with one attached hydrogen (secondary N) is 1. The Labute approximate surface area is 157 Å². The van der Waals surface area contributed by atoms with E-state index >= 15 is 0 Å². The maximum Gasteiger partial charge on any atom is 0.343 e. The van der Waals surface area contributed by atoms with Crippen molar-refractivity contribution in [2.24, 2.45) is 0 Å². The quantitative estimate of drug-likeness (QED) is 0.718. The van der Waals surface area contributed by atoms with Gasteiger partial charge in [-0.1, -0.05) is 12.1 Å². The van der Waals surface area contributed by atoms with E-state index in [0.29, 0.717) is 16.9 Å². The van der Waals surface area contributed by atoms with E-state index in [0.717, 1.165) is 5.56 Å². The number of hydrogen-bond donors (Lipinski definition) is 1. The second-order valence-corrected chi connectivity index (χ2v) is 5.56. The molecule has 2 aromatic carbocycles. The molecule has 27 heavy (non-hydrogen) atoms. The molecular weight excluding hydrogens is 348 g/mol. The Morgan fingerprint density at radius 2 is 1.74 bits per heavy atom. The van der Waals surface area contributed by atoms with Gasteiger partial charge in [-0.25, -0.2) is 4.79 Å². The van der Waals surface area contributed by atoms with Gasteiger partial charge in [-0.05, 0) is 42.0 Å². The number of amides is 1. The zero-order chi connectivity index (χ0) is 19.6. The molecule has 140 valence electrons. The highest BCUT2D eigenvalue weighted by atomic mass is 16.6. The lowest BCUT2D eigenvalue weighted by atomic mass is 10.1. The monoisotopic (exact) mass is 368 g/mol. The molecule has 2 rings (SSSR count). The van der Waals surface area contributed by atoms with Crippen molar-refractivity contribution in [3.8, 4) is 11.8 Å². The van der Waals surface area contributed by atoms with Gasteiger partial charge in [0.2, 0.25) is 0 Å². The fraction of sp³-hybridized carbons (Fsp3) is 0.250.